The van der Waals surface area contributed by atoms with Crippen LogP contribution in [0.4, 0.5) is 0 Å². The zero-order valence-electron chi connectivity index (χ0n) is 19.9. The third-order valence-electron chi connectivity index (χ3n) is 7.10. The minimum absolute atomic E-state index is 0.300. The Bertz CT molecular complexity index is 1190. The number of carbonyl (C=O) groups excluding carboxylic acids is 4. The number of ketones is 1. The molecule has 0 radical (unpaired) electrons. The summed E-state index contributed by atoms with van der Waals surface area (Å²) in [6, 6.07) is 7.34. The third kappa shape index (κ3) is 4.19. The van der Waals surface area contributed by atoms with Crippen molar-refractivity contribution in [3.05, 3.63) is 41.2 Å². The molecule has 1 aromatic carbocycles. The van der Waals surface area contributed by atoms with E-state index >= 15 is 0 Å². The summed E-state index contributed by atoms with van der Waals surface area (Å²) in [6.45, 7) is 3.78. The molecule has 1 aliphatic carbocycles. The van der Waals surface area contributed by atoms with Gasteiger partial charge in [0.1, 0.15) is 19.8 Å². The Morgan fingerprint density at radius 3 is 2.31 bits per heavy atom. The third-order valence-corrected chi connectivity index (χ3v) is 7.10. The van der Waals surface area contributed by atoms with Crippen molar-refractivity contribution < 1.29 is 33.4 Å². The molecule has 2 aliphatic heterocycles. The number of ether oxygens (including phenoxy) is 3. The lowest BCUT2D eigenvalue weighted by Crippen LogP contribution is -2.37. The topological polar surface area (TPSA) is 104 Å². The maximum absolute atomic E-state index is 12.9. The van der Waals surface area contributed by atoms with Crippen molar-refractivity contribution >= 4 is 23.6 Å². The van der Waals surface area contributed by atoms with Crippen molar-refractivity contribution in [3.63, 3.8) is 0 Å². The number of hydrogen-bond acceptors (Lipinski definition) is 7. The molecule has 1 saturated heterocycles. The molecule has 2 atom stereocenters. The fraction of sp³-hybridized carbons (Fsp3) is 0.462. The first-order valence-corrected chi connectivity index (χ1v) is 12.0. The van der Waals surface area contributed by atoms with Gasteiger partial charge in [0.2, 0.25) is 17.6 Å². The number of imide groups is 1. The summed E-state index contributed by atoms with van der Waals surface area (Å²) in [5.74, 6) is -1.04. The van der Waals surface area contributed by atoms with E-state index < -0.39 is 19.1 Å². The fourth-order valence-corrected chi connectivity index (χ4v) is 5.40. The molecule has 3 heterocycles. The maximum Gasteiger partial charge on any atom is 0.326 e. The number of aromatic nitrogens is 1. The lowest BCUT2D eigenvalue weighted by atomic mass is 9.81. The molecule has 9 nitrogen and oxygen atoms in total. The van der Waals surface area contributed by atoms with Gasteiger partial charge in [-0.2, -0.15) is 0 Å². The number of fused-ring (bicyclic) bond motifs is 2. The van der Waals surface area contributed by atoms with Gasteiger partial charge in [0, 0.05) is 28.7 Å². The average molecular weight is 481 g/mol. The summed E-state index contributed by atoms with van der Waals surface area (Å²) >= 11 is 0. The van der Waals surface area contributed by atoms with E-state index in [1.165, 1.54) is 0 Å². The fourth-order valence-electron chi connectivity index (χ4n) is 5.40. The molecule has 5 rings (SSSR count). The molecule has 0 bridgehead atoms. The van der Waals surface area contributed by atoms with Gasteiger partial charge < -0.3 is 18.8 Å². The van der Waals surface area contributed by atoms with Crippen LogP contribution in [0, 0.1) is 25.7 Å². The highest BCUT2D eigenvalue weighted by Gasteiger charge is 2.48. The Morgan fingerprint density at radius 2 is 1.63 bits per heavy atom. The number of likely N-dealkylation sites (tertiary alicyclic amines) is 1. The van der Waals surface area contributed by atoms with Crippen molar-refractivity contribution in [2.45, 2.75) is 39.5 Å². The quantitative estimate of drug-likeness (QED) is 0.356. The number of carbonyl (C=O) groups is 4. The van der Waals surface area contributed by atoms with Gasteiger partial charge in [-0.05, 0) is 44.9 Å². The number of hydrogen-bond donors (Lipinski definition) is 0. The van der Waals surface area contributed by atoms with Crippen molar-refractivity contribution in [1.82, 2.24) is 9.47 Å². The van der Waals surface area contributed by atoms with Crippen LogP contribution in [0.25, 0.3) is 5.69 Å². The van der Waals surface area contributed by atoms with E-state index in [0.717, 1.165) is 29.1 Å². The van der Waals surface area contributed by atoms with Gasteiger partial charge in [0.15, 0.2) is 18.1 Å². The predicted molar refractivity (Wildman–Crippen MR) is 124 cm³/mol. The molecule has 0 spiro atoms. The smallest absolute Gasteiger partial charge is 0.326 e. The first-order valence-electron chi connectivity index (χ1n) is 12.0. The Balaban J connectivity index is 1.24. The first-order chi connectivity index (χ1) is 16.8. The van der Waals surface area contributed by atoms with E-state index in [1.807, 2.05) is 36.6 Å². The van der Waals surface area contributed by atoms with E-state index in [2.05, 4.69) is 0 Å². The molecule has 2 amide bonds. The Labute approximate surface area is 202 Å². The van der Waals surface area contributed by atoms with Crippen LogP contribution in [0.2, 0.25) is 0 Å². The summed E-state index contributed by atoms with van der Waals surface area (Å²) in [7, 11) is 0. The second kappa shape index (κ2) is 9.20. The Morgan fingerprint density at radius 1 is 0.971 bits per heavy atom. The number of nitrogens with zero attached hydrogens (tertiary/aromatic N) is 2. The van der Waals surface area contributed by atoms with Crippen molar-refractivity contribution in [1.29, 1.82) is 0 Å². The van der Waals surface area contributed by atoms with Crippen molar-refractivity contribution in [3.8, 4) is 17.2 Å². The second-order valence-corrected chi connectivity index (χ2v) is 9.29. The van der Waals surface area contributed by atoms with E-state index in [9.17, 15) is 19.2 Å². The van der Waals surface area contributed by atoms with Crippen molar-refractivity contribution in [2.75, 3.05) is 26.4 Å². The highest BCUT2D eigenvalue weighted by molar-refractivity contribution is 6.07. The lowest BCUT2D eigenvalue weighted by Gasteiger charge is -2.20. The van der Waals surface area contributed by atoms with Gasteiger partial charge in [-0.3, -0.25) is 24.1 Å². The zero-order valence-corrected chi connectivity index (χ0v) is 19.9. The number of Topliss-reactive ketones (excluding diaryl/α,β-unsaturated/α-hetero) is 1. The molecular formula is C26H28N2O7. The summed E-state index contributed by atoms with van der Waals surface area (Å²) in [5.41, 5.74) is 2.80. The zero-order chi connectivity index (χ0) is 24.7. The summed E-state index contributed by atoms with van der Waals surface area (Å²) < 4.78 is 18.4. The number of rotatable bonds is 6. The molecule has 0 N–H and O–H groups in total. The molecule has 3 aliphatic rings. The summed E-state index contributed by atoms with van der Waals surface area (Å²) in [6.07, 6.45) is 3.19. The maximum atomic E-state index is 12.9. The molecule has 9 heteroatoms. The van der Waals surface area contributed by atoms with Crippen LogP contribution in [-0.4, -0.2) is 59.4 Å². The number of aryl methyl sites for hydroxylation is 1. The van der Waals surface area contributed by atoms with Gasteiger partial charge in [-0.25, -0.2) is 0 Å². The van der Waals surface area contributed by atoms with Crippen molar-refractivity contribution in [2.24, 2.45) is 11.8 Å². The van der Waals surface area contributed by atoms with Crippen LogP contribution >= 0.6 is 0 Å². The number of esters is 1. The van der Waals surface area contributed by atoms with Crippen LogP contribution in [0.5, 0.6) is 11.5 Å². The molecule has 35 heavy (non-hydrogen) atoms. The van der Waals surface area contributed by atoms with Gasteiger partial charge >= 0.3 is 5.97 Å². The van der Waals surface area contributed by atoms with Gasteiger partial charge in [-0.1, -0.05) is 12.8 Å². The predicted octanol–water partition coefficient (Wildman–Crippen LogP) is 2.77. The highest BCUT2D eigenvalue weighted by Crippen LogP contribution is 2.38. The minimum atomic E-state index is -0.764. The lowest BCUT2D eigenvalue weighted by molar-refractivity contribution is -0.152. The number of benzene rings is 1. The largest absolute Gasteiger partial charge is 0.486 e. The number of amides is 2. The molecule has 1 aromatic heterocycles. The summed E-state index contributed by atoms with van der Waals surface area (Å²) in [4.78, 5) is 51.4. The normalized spacial score (nSPS) is 21.1. The first kappa shape index (κ1) is 23.1. The van der Waals surface area contributed by atoms with E-state index in [1.54, 1.807) is 6.07 Å². The minimum Gasteiger partial charge on any atom is -0.486 e. The molecule has 1 saturated carbocycles. The molecule has 184 valence electrons. The highest BCUT2D eigenvalue weighted by atomic mass is 16.6. The average Bonchev–Trinajstić information content (AvgIpc) is 3.30. The van der Waals surface area contributed by atoms with Crippen LogP contribution in [-0.2, 0) is 19.1 Å². The Kier molecular flexibility index (Phi) is 6.08. The molecule has 2 aromatic rings. The van der Waals surface area contributed by atoms with Crippen LogP contribution in [0.1, 0.15) is 47.4 Å². The van der Waals surface area contributed by atoms with E-state index in [4.69, 9.17) is 14.2 Å². The summed E-state index contributed by atoms with van der Waals surface area (Å²) in [5, 5.41) is 0. The molecular weight excluding hydrogens is 452 g/mol. The van der Waals surface area contributed by atoms with Crippen LogP contribution in [0.3, 0.4) is 0 Å². The molecule has 0 unspecified atom stereocenters. The monoisotopic (exact) mass is 480 g/mol. The van der Waals surface area contributed by atoms with E-state index in [0.29, 0.717) is 48.8 Å². The standard InChI is InChI=1S/C26H28N2O7/c1-15-11-20(16(2)28(15)17-7-8-22-23(12-17)34-10-9-33-22)21(29)14-35-24(30)13-27-25(31)18-5-3-4-6-19(18)26(27)32/h7-8,11-12,18-19H,3-6,9-10,13-14H2,1-2H3/t18-,19-/m0/s1. The van der Waals surface area contributed by atoms with Gasteiger partial charge in [-0.15, -0.1) is 0 Å². The van der Waals surface area contributed by atoms with Crippen LogP contribution in [0.15, 0.2) is 24.3 Å². The Hall–Kier alpha value is -3.62. The van der Waals surface area contributed by atoms with E-state index in [-0.39, 0.29) is 29.4 Å². The van der Waals surface area contributed by atoms with Gasteiger partial charge in [0.25, 0.3) is 0 Å². The van der Waals surface area contributed by atoms with Gasteiger partial charge in [0.05, 0.1) is 11.8 Å². The molecule has 2 fully saturated rings. The van der Waals surface area contributed by atoms with Crippen LogP contribution < -0.4 is 9.47 Å². The second-order valence-electron chi connectivity index (χ2n) is 9.29. The SMILES string of the molecule is Cc1cc(C(=O)COC(=O)CN2C(=O)[C@H]3CCCC[C@@H]3C2=O)c(C)n1-c1ccc2c(c1)OCCO2.